The standard InChI is InChI=1S/C20H38N6.HI/c1-5-21-20(22-11-8-14-25-13-7-6-10-18(25)3)23-12-9-15-26-19(4)16-17(2)24-26;/h16,18H,5-15H2,1-4H3,(H2,21,22,23);1H. The highest BCUT2D eigenvalue weighted by Gasteiger charge is 2.17. The third kappa shape index (κ3) is 8.81. The van der Waals surface area contributed by atoms with E-state index in [-0.39, 0.29) is 24.0 Å². The first-order valence-electron chi connectivity index (χ1n) is 10.4. The molecule has 1 saturated heterocycles. The Labute approximate surface area is 182 Å². The van der Waals surface area contributed by atoms with E-state index in [2.05, 4.69) is 52.2 Å². The SMILES string of the molecule is CCNC(=NCCCn1nc(C)cc1C)NCCCN1CCCCC1C.I. The molecule has 1 aliphatic heterocycles. The van der Waals surface area contributed by atoms with Crippen LogP contribution in [0.2, 0.25) is 0 Å². The van der Waals surface area contributed by atoms with Crippen LogP contribution in [0.4, 0.5) is 0 Å². The second-order valence-corrected chi connectivity index (χ2v) is 7.43. The van der Waals surface area contributed by atoms with Crippen molar-refractivity contribution in [3.63, 3.8) is 0 Å². The number of hydrogen-bond acceptors (Lipinski definition) is 3. The van der Waals surface area contributed by atoms with E-state index in [1.165, 1.54) is 44.5 Å². The molecule has 2 N–H and O–H groups in total. The number of nitrogens with one attached hydrogen (secondary N) is 2. The number of likely N-dealkylation sites (tertiary alicyclic amines) is 1. The molecule has 1 aliphatic rings. The van der Waals surface area contributed by atoms with Crippen molar-refractivity contribution in [1.29, 1.82) is 0 Å². The van der Waals surface area contributed by atoms with Crippen LogP contribution in [-0.2, 0) is 6.54 Å². The lowest BCUT2D eigenvalue weighted by atomic mass is 10.0. The number of guanidine groups is 1. The van der Waals surface area contributed by atoms with Gasteiger partial charge in [0.1, 0.15) is 0 Å². The van der Waals surface area contributed by atoms with E-state index in [1.807, 2.05) is 6.92 Å². The van der Waals surface area contributed by atoms with Gasteiger partial charge in [0.2, 0.25) is 0 Å². The summed E-state index contributed by atoms with van der Waals surface area (Å²) in [5, 5.41) is 11.3. The van der Waals surface area contributed by atoms with Gasteiger partial charge in [-0.2, -0.15) is 5.10 Å². The zero-order chi connectivity index (χ0) is 18.8. The summed E-state index contributed by atoms with van der Waals surface area (Å²) in [6.07, 6.45) is 6.28. The molecule has 0 aliphatic carbocycles. The van der Waals surface area contributed by atoms with Gasteiger partial charge in [-0.05, 0) is 66.0 Å². The van der Waals surface area contributed by atoms with E-state index in [1.54, 1.807) is 0 Å². The molecule has 0 radical (unpaired) electrons. The quantitative estimate of drug-likeness (QED) is 0.241. The lowest BCUT2D eigenvalue weighted by molar-refractivity contribution is 0.159. The van der Waals surface area contributed by atoms with Crippen LogP contribution < -0.4 is 10.6 Å². The van der Waals surface area contributed by atoms with E-state index in [0.29, 0.717) is 0 Å². The normalized spacial score (nSPS) is 18.2. The largest absolute Gasteiger partial charge is 0.357 e. The smallest absolute Gasteiger partial charge is 0.191 e. The summed E-state index contributed by atoms with van der Waals surface area (Å²) in [6.45, 7) is 14.7. The van der Waals surface area contributed by atoms with E-state index in [0.717, 1.165) is 50.3 Å². The molecule has 27 heavy (non-hydrogen) atoms. The Hall–Kier alpha value is -0.830. The zero-order valence-electron chi connectivity index (χ0n) is 17.6. The molecule has 0 bridgehead atoms. The van der Waals surface area contributed by atoms with Crippen molar-refractivity contribution < 1.29 is 0 Å². The van der Waals surface area contributed by atoms with Gasteiger partial charge in [-0.1, -0.05) is 6.42 Å². The third-order valence-electron chi connectivity index (χ3n) is 5.10. The van der Waals surface area contributed by atoms with Gasteiger partial charge in [0.05, 0.1) is 5.69 Å². The highest BCUT2D eigenvalue weighted by molar-refractivity contribution is 14.0. The Bertz CT molecular complexity index is 557. The molecule has 1 aromatic heterocycles. The molecule has 1 aromatic rings. The number of aromatic nitrogens is 2. The molecule has 7 heteroatoms. The summed E-state index contributed by atoms with van der Waals surface area (Å²) in [4.78, 5) is 7.33. The predicted molar refractivity (Wildman–Crippen MR) is 125 cm³/mol. The Morgan fingerprint density at radius 2 is 2.04 bits per heavy atom. The maximum Gasteiger partial charge on any atom is 0.191 e. The number of rotatable bonds is 9. The molecule has 0 spiro atoms. The first-order chi connectivity index (χ1) is 12.6. The molecule has 0 saturated carbocycles. The molecular formula is C20H39IN6. The minimum Gasteiger partial charge on any atom is -0.357 e. The van der Waals surface area contributed by atoms with E-state index < -0.39 is 0 Å². The molecule has 6 nitrogen and oxygen atoms in total. The van der Waals surface area contributed by atoms with Gasteiger partial charge in [-0.15, -0.1) is 24.0 Å². The second kappa shape index (κ2) is 13.4. The maximum atomic E-state index is 4.70. The number of aryl methyl sites for hydroxylation is 3. The van der Waals surface area contributed by atoms with Crippen molar-refractivity contribution in [1.82, 2.24) is 25.3 Å². The fraction of sp³-hybridized carbons (Fsp3) is 0.800. The first kappa shape index (κ1) is 24.2. The van der Waals surface area contributed by atoms with E-state index >= 15 is 0 Å². The monoisotopic (exact) mass is 490 g/mol. The third-order valence-corrected chi connectivity index (χ3v) is 5.10. The van der Waals surface area contributed by atoms with Crippen LogP contribution in [0.3, 0.4) is 0 Å². The Kier molecular flexibility index (Phi) is 12.0. The van der Waals surface area contributed by atoms with Gasteiger partial charge < -0.3 is 15.5 Å². The highest BCUT2D eigenvalue weighted by Crippen LogP contribution is 2.16. The summed E-state index contributed by atoms with van der Waals surface area (Å²) >= 11 is 0. The van der Waals surface area contributed by atoms with Crippen molar-refractivity contribution in [2.75, 3.05) is 32.7 Å². The molecule has 2 rings (SSSR count). The van der Waals surface area contributed by atoms with Crippen molar-refractivity contribution in [3.05, 3.63) is 17.5 Å². The molecule has 1 fully saturated rings. The highest BCUT2D eigenvalue weighted by atomic mass is 127. The lowest BCUT2D eigenvalue weighted by Crippen LogP contribution is -2.41. The van der Waals surface area contributed by atoms with Gasteiger partial charge in [0.25, 0.3) is 0 Å². The van der Waals surface area contributed by atoms with Gasteiger partial charge in [-0.25, -0.2) is 0 Å². The number of piperidine rings is 1. The lowest BCUT2D eigenvalue weighted by Gasteiger charge is -2.33. The van der Waals surface area contributed by atoms with Gasteiger partial charge >= 0.3 is 0 Å². The average molecular weight is 490 g/mol. The topological polar surface area (TPSA) is 57.5 Å². The Balaban J connectivity index is 0.00000364. The van der Waals surface area contributed by atoms with Crippen LogP contribution in [0.15, 0.2) is 11.1 Å². The van der Waals surface area contributed by atoms with Crippen molar-refractivity contribution in [2.45, 2.75) is 72.4 Å². The molecule has 0 amide bonds. The molecule has 0 aromatic carbocycles. The maximum absolute atomic E-state index is 4.70. The molecular weight excluding hydrogens is 451 g/mol. The Morgan fingerprint density at radius 3 is 2.70 bits per heavy atom. The second-order valence-electron chi connectivity index (χ2n) is 7.43. The number of nitrogens with zero attached hydrogens (tertiary/aromatic N) is 4. The molecule has 2 heterocycles. The summed E-state index contributed by atoms with van der Waals surface area (Å²) in [7, 11) is 0. The van der Waals surface area contributed by atoms with Crippen LogP contribution >= 0.6 is 24.0 Å². The summed E-state index contributed by atoms with van der Waals surface area (Å²) in [6, 6.07) is 2.87. The number of aliphatic imine (C=N–C) groups is 1. The fourth-order valence-electron chi connectivity index (χ4n) is 3.63. The van der Waals surface area contributed by atoms with Crippen molar-refractivity contribution >= 4 is 29.9 Å². The number of halogens is 1. The zero-order valence-corrected chi connectivity index (χ0v) is 20.0. The van der Waals surface area contributed by atoms with Gasteiger partial charge in [0.15, 0.2) is 5.96 Å². The van der Waals surface area contributed by atoms with Crippen LogP contribution in [-0.4, -0.2) is 59.4 Å². The average Bonchev–Trinajstić information content (AvgIpc) is 2.94. The number of hydrogen-bond donors (Lipinski definition) is 2. The summed E-state index contributed by atoms with van der Waals surface area (Å²) < 4.78 is 2.07. The first-order valence-corrected chi connectivity index (χ1v) is 10.4. The van der Waals surface area contributed by atoms with Crippen LogP contribution in [0, 0.1) is 13.8 Å². The van der Waals surface area contributed by atoms with Crippen LogP contribution in [0.5, 0.6) is 0 Å². The van der Waals surface area contributed by atoms with Crippen molar-refractivity contribution in [2.24, 2.45) is 4.99 Å². The van der Waals surface area contributed by atoms with Crippen LogP contribution in [0.25, 0.3) is 0 Å². The van der Waals surface area contributed by atoms with Gasteiger partial charge in [0, 0.05) is 44.5 Å². The van der Waals surface area contributed by atoms with Gasteiger partial charge in [-0.3, -0.25) is 9.67 Å². The van der Waals surface area contributed by atoms with E-state index in [9.17, 15) is 0 Å². The fourth-order valence-corrected chi connectivity index (χ4v) is 3.63. The van der Waals surface area contributed by atoms with Crippen LogP contribution in [0.1, 0.15) is 57.3 Å². The predicted octanol–water partition coefficient (Wildman–Crippen LogP) is 3.33. The molecule has 1 unspecified atom stereocenters. The minimum atomic E-state index is 0. The Morgan fingerprint density at radius 1 is 1.22 bits per heavy atom. The van der Waals surface area contributed by atoms with E-state index in [4.69, 9.17) is 4.99 Å². The summed E-state index contributed by atoms with van der Waals surface area (Å²) in [5.41, 5.74) is 2.31. The molecule has 1 atom stereocenters. The minimum absolute atomic E-state index is 0. The summed E-state index contributed by atoms with van der Waals surface area (Å²) in [5.74, 6) is 0.938. The van der Waals surface area contributed by atoms with Crippen molar-refractivity contribution in [3.8, 4) is 0 Å². The molecule has 156 valence electrons.